The Balaban J connectivity index is 2.25. The minimum atomic E-state index is 0.679. The van der Waals surface area contributed by atoms with Crippen molar-refractivity contribution in [1.82, 2.24) is 5.32 Å². The lowest BCUT2D eigenvalue weighted by Crippen LogP contribution is -2.39. The molecule has 0 heterocycles. The van der Waals surface area contributed by atoms with Crippen LogP contribution in [-0.4, -0.2) is 20.1 Å². The van der Waals surface area contributed by atoms with Crippen LogP contribution in [0, 0.1) is 5.92 Å². The molecule has 1 aromatic rings. The number of hydrogen-bond acceptors (Lipinski definition) is 2. The molecule has 1 aliphatic carbocycles. The lowest BCUT2D eigenvalue weighted by molar-refractivity contribution is 0.321. The van der Waals surface area contributed by atoms with Crippen LogP contribution in [0.4, 0.5) is 5.69 Å². The Morgan fingerprint density at radius 3 is 2.74 bits per heavy atom. The van der Waals surface area contributed by atoms with E-state index in [-0.39, 0.29) is 0 Å². The predicted molar refractivity (Wildman–Crippen MR) is 86.7 cm³/mol. The van der Waals surface area contributed by atoms with Crippen molar-refractivity contribution in [3.8, 4) is 0 Å². The van der Waals surface area contributed by atoms with E-state index in [1.54, 1.807) is 0 Å². The summed E-state index contributed by atoms with van der Waals surface area (Å²) in [6, 6.07) is 7.29. The molecule has 1 aliphatic rings. The van der Waals surface area contributed by atoms with Crippen molar-refractivity contribution in [2.24, 2.45) is 5.92 Å². The molecular formula is C16H25BrN2. The highest BCUT2D eigenvalue weighted by atomic mass is 79.9. The summed E-state index contributed by atoms with van der Waals surface area (Å²) in [5, 5.41) is 3.27. The highest BCUT2D eigenvalue weighted by Gasteiger charge is 2.26. The quantitative estimate of drug-likeness (QED) is 0.893. The number of nitrogens with zero attached hydrogens (tertiary/aromatic N) is 1. The SMILES string of the molecule is CNCc1ccc(Br)cc1N(C)C1CCCCC1C. The average Bonchev–Trinajstić information content (AvgIpc) is 2.41. The molecule has 3 heteroatoms. The minimum Gasteiger partial charge on any atom is -0.371 e. The molecule has 0 spiro atoms. The van der Waals surface area contributed by atoms with Gasteiger partial charge in [0.15, 0.2) is 0 Å². The maximum absolute atomic E-state index is 3.61. The fraction of sp³-hybridized carbons (Fsp3) is 0.625. The minimum absolute atomic E-state index is 0.679. The third-order valence-corrected chi connectivity index (χ3v) is 4.85. The van der Waals surface area contributed by atoms with E-state index < -0.39 is 0 Å². The first kappa shape index (κ1) is 14.9. The van der Waals surface area contributed by atoms with E-state index in [4.69, 9.17) is 0 Å². The monoisotopic (exact) mass is 324 g/mol. The molecule has 0 aromatic heterocycles. The van der Waals surface area contributed by atoms with Crippen molar-refractivity contribution in [3.05, 3.63) is 28.2 Å². The summed E-state index contributed by atoms with van der Waals surface area (Å²) in [4.78, 5) is 2.50. The van der Waals surface area contributed by atoms with Crippen molar-refractivity contribution in [2.45, 2.75) is 45.2 Å². The Morgan fingerprint density at radius 1 is 1.32 bits per heavy atom. The van der Waals surface area contributed by atoms with Gasteiger partial charge in [0, 0.05) is 29.8 Å². The molecule has 1 saturated carbocycles. The maximum atomic E-state index is 3.61. The number of anilines is 1. The highest BCUT2D eigenvalue weighted by molar-refractivity contribution is 9.10. The molecule has 106 valence electrons. The van der Waals surface area contributed by atoms with Crippen molar-refractivity contribution in [3.63, 3.8) is 0 Å². The summed E-state index contributed by atoms with van der Waals surface area (Å²) in [6.45, 7) is 3.32. The summed E-state index contributed by atoms with van der Waals surface area (Å²) in [5.74, 6) is 0.792. The van der Waals surface area contributed by atoms with Gasteiger partial charge in [-0.1, -0.05) is 41.8 Å². The fourth-order valence-electron chi connectivity index (χ4n) is 3.26. The van der Waals surface area contributed by atoms with Crippen LogP contribution in [0.5, 0.6) is 0 Å². The molecule has 0 amide bonds. The normalized spacial score (nSPS) is 23.4. The number of hydrogen-bond donors (Lipinski definition) is 1. The third kappa shape index (κ3) is 3.51. The molecule has 0 bridgehead atoms. The smallest absolute Gasteiger partial charge is 0.0423 e. The van der Waals surface area contributed by atoms with E-state index in [0.29, 0.717) is 6.04 Å². The van der Waals surface area contributed by atoms with Gasteiger partial charge in [0.1, 0.15) is 0 Å². The standard InChI is InChI=1S/C16H25BrN2/c1-12-6-4-5-7-15(12)19(3)16-10-14(17)9-8-13(16)11-18-2/h8-10,12,15,18H,4-7,11H2,1-3H3. The van der Waals surface area contributed by atoms with Crippen molar-refractivity contribution < 1.29 is 0 Å². The second kappa shape index (κ2) is 6.76. The Hall–Kier alpha value is -0.540. The second-order valence-corrected chi connectivity index (χ2v) is 6.66. The first-order chi connectivity index (χ1) is 9.13. The zero-order valence-corrected chi connectivity index (χ0v) is 13.8. The fourth-order valence-corrected chi connectivity index (χ4v) is 3.60. The van der Waals surface area contributed by atoms with Crippen LogP contribution >= 0.6 is 15.9 Å². The Bertz CT molecular complexity index is 419. The van der Waals surface area contributed by atoms with Crippen LogP contribution in [0.1, 0.15) is 38.2 Å². The number of nitrogens with one attached hydrogen (secondary N) is 1. The van der Waals surface area contributed by atoms with E-state index in [1.807, 2.05) is 7.05 Å². The molecule has 2 atom stereocenters. The van der Waals surface area contributed by atoms with Gasteiger partial charge in [-0.05, 0) is 43.5 Å². The molecule has 1 fully saturated rings. The topological polar surface area (TPSA) is 15.3 Å². The van der Waals surface area contributed by atoms with E-state index >= 15 is 0 Å². The van der Waals surface area contributed by atoms with E-state index in [0.717, 1.165) is 16.9 Å². The summed E-state index contributed by atoms with van der Waals surface area (Å²) in [5.41, 5.74) is 2.74. The van der Waals surface area contributed by atoms with Crippen LogP contribution in [0.25, 0.3) is 0 Å². The maximum Gasteiger partial charge on any atom is 0.0423 e. The van der Waals surface area contributed by atoms with Crippen LogP contribution in [-0.2, 0) is 6.54 Å². The third-order valence-electron chi connectivity index (χ3n) is 4.36. The number of benzene rings is 1. The lowest BCUT2D eigenvalue weighted by Gasteiger charge is -2.38. The molecule has 0 saturated heterocycles. The van der Waals surface area contributed by atoms with E-state index in [9.17, 15) is 0 Å². The summed E-state index contributed by atoms with van der Waals surface area (Å²) >= 11 is 3.61. The van der Waals surface area contributed by atoms with E-state index in [2.05, 4.69) is 58.3 Å². The molecule has 2 rings (SSSR count). The molecule has 19 heavy (non-hydrogen) atoms. The summed E-state index contributed by atoms with van der Waals surface area (Å²) < 4.78 is 1.16. The van der Waals surface area contributed by atoms with Gasteiger partial charge in [-0.25, -0.2) is 0 Å². The zero-order valence-electron chi connectivity index (χ0n) is 12.2. The Morgan fingerprint density at radius 2 is 2.05 bits per heavy atom. The van der Waals surface area contributed by atoms with Gasteiger partial charge in [0.2, 0.25) is 0 Å². The molecule has 2 nitrogen and oxygen atoms in total. The van der Waals surface area contributed by atoms with Gasteiger partial charge in [0.05, 0.1) is 0 Å². The largest absolute Gasteiger partial charge is 0.371 e. The van der Waals surface area contributed by atoms with Crippen LogP contribution in [0.2, 0.25) is 0 Å². The Labute approximate surface area is 125 Å². The highest BCUT2D eigenvalue weighted by Crippen LogP contribution is 2.33. The van der Waals surface area contributed by atoms with Gasteiger partial charge < -0.3 is 10.2 Å². The van der Waals surface area contributed by atoms with Gasteiger partial charge in [0.25, 0.3) is 0 Å². The van der Waals surface area contributed by atoms with Gasteiger partial charge in [-0.15, -0.1) is 0 Å². The average molecular weight is 325 g/mol. The van der Waals surface area contributed by atoms with Crippen molar-refractivity contribution in [1.29, 1.82) is 0 Å². The molecule has 2 unspecified atom stereocenters. The van der Waals surface area contributed by atoms with Crippen molar-refractivity contribution >= 4 is 21.6 Å². The molecule has 1 N–H and O–H groups in total. The number of rotatable bonds is 4. The first-order valence-corrected chi connectivity index (χ1v) is 8.08. The van der Waals surface area contributed by atoms with Gasteiger partial charge in [-0.2, -0.15) is 0 Å². The Kier molecular flexibility index (Phi) is 5.28. The van der Waals surface area contributed by atoms with Crippen LogP contribution in [0.15, 0.2) is 22.7 Å². The van der Waals surface area contributed by atoms with Crippen LogP contribution in [0.3, 0.4) is 0 Å². The molecule has 1 aromatic carbocycles. The summed E-state index contributed by atoms with van der Waals surface area (Å²) in [7, 11) is 4.27. The lowest BCUT2D eigenvalue weighted by atomic mass is 9.84. The zero-order chi connectivity index (χ0) is 13.8. The summed E-state index contributed by atoms with van der Waals surface area (Å²) in [6.07, 6.45) is 5.45. The van der Waals surface area contributed by atoms with Crippen LogP contribution < -0.4 is 10.2 Å². The van der Waals surface area contributed by atoms with Gasteiger partial charge >= 0.3 is 0 Å². The molecule has 0 aliphatic heterocycles. The molecule has 0 radical (unpaired) electrons. The van der Waals surface area contributed by atoms with Gasteiger partial charge in [-0.3, -0.25) is 0 Å². The molecular weight excluding hydrogens is 300 g/mol. The predicted octanol–water partition coefficient (Wildman–Crippen LogP) is 4.18. The second-order valence-electron chi connectivity index (χ2n) is 5.74. The van der Waals surface area contributed by atoms with E-state index in [1.165, 1.54) is 36.9 Å². The number of halogens is 1. The first-order valence-electron chi connectivity index (χ1n) is 7.29. The van der Waals surface area contributed by atoms with Crippen molar-refractivity contribution in [2.75, 3.05) is 19.0 Å².